The minimum atomic E-state index is -0.954. The molecule has 0 saturated carbocycles. The van der Waals surface area contributed by atoms with Crippen LogP contribution < -0.4 is 5.32 Å². The minimum Gasteiger partial charge on any atom is -0.481 e. The topological polar surface area (TPSA) is 71.3 Å². The highest BCUT2D eigenvalue weighted by Crippen LogP contribution is 2.25. The Morgan fingerprint density at radius 3 is 2.50 bits per heavy atom. The van der Waals surface area contributed by atoms with E-state index < -0.39 is 12.0 Å². The largest absolute Gasteiger partial charge is 0.481 e. The van der Waals surface area contributed by atoms with Crippen LogP contribution in [0.1, 0.15) is 30.3 Å². The summed E-state index contributed by atoms with van der Waals surface area (Å²) in [5.74, 6) is -1.34. The quantitative estimate of drug-likeness (QED) is 0.875. The first kappa shape index (κ1) is 14.9. The van der Waals surface area contributed by atoms with Crippen molar-refractivity contribution in [2.24, 2.45) is 7.05 Å². The van der Waals surface area contributed by atoms with E-state index >= 15 is 0 Å². The van der Waals surface area contributed by atoms with Gasteiger partial charge in [0.1, 0.15) is 10.8 Å². The summed E-state index contributed by atoms with van der Waals surface area (Å²) in [6.07, 6.45) is 0.415. The standard InChI is InChI=1S/C11H14Cl2N2O3/c1-3-6(4-9(16)17)14-11(18)8-5-7(12)10(13)15(8)2/h5-6H,3-4H2,1-2H3,(H,14,18)(H,16,17). The number of carbonyl (C=O) groups is 2. The van der Waals surface area contributed by atoms with Crippen molar-refractivity contribution in [1.29, 1.82) is 0 Å². The lowest BCUT2D eigenvalue weighted by Gasteiger charge is -2.15. The smallest absolute Gasteiger partial charge is 0.305 e. The molecule has 0 aliphatic carbocycles. The van der Waals surface area contributed by atoms with Crippen LogP contribution in [0.15, 0.2) is 6.07 Å². The Kier molecular flexibility index (Phi) is 5.04. The van der Waals surface area contributed by atoms with Gasteiger partial charge in [0.15, 0.2) is 0 Å². The molecule has 0 aliphatic rings. The second kappa shape index (κ2) is 6.11. The van der Waals surface area contributed by atoms with E-state index in [9.17, 15) is 9.59 Å². The Morgan fingerprint density at radius 2 is 2.11 bits per heavy atom. The molecule has 1 aromatic heterocycles. The maximum Gasteiger partial charge on any atom is 0.305 e. The summed E-state index contributed by atoms with van der Waals surface area (Å²) < 4.78 is 1.45. The number of amides is 1. The first-order valence-electron chi connectivity index (χ1n) is 5.40. The van der Waals surface area contributed by atoms with E-state index in [2.05, 4.69) is 5.32 Å². The van der Waals surface area contributed by atoms with Crippen LogP contribution in [-0.4, -0.2) is 27.6 Å². The predicted octanol–water partition coefficient (Wildman–Crippen LogP) is 2.32. The molecule has 0 bridgehead atoms. The molecular weight excluding hydrogens is 279 g/mol. The van der Waals surface area contributed by atoms with E-state index in [4.69, 9.17) is 28.3 Å². The average Bonchev–Trinajstić information content (AvgIpc) is 2.55. The first-order valence-corrected chi connectivity index (χ1v) is 6.15. The monoisotopic (exact) mass is 292 g/mol. The number of hydrogen-bond acceptors (Lipinski definition) is 2. The summed E-state index contributed by atoms with van der Waals surface area (Å²) in [7, 11) is 1.61. The fourth-order valence-electron chi connectivity index (χ4n) is 1.53. The lowest BCUT2D eigenvalue weighted by molar-refractivity contribution is -0.137. The number of nitrogens with one attached hydrogen (secondary N) is 1. The van der Waals surface area contributed by atoms with Gasteiger partial charge in [0, 0.05) is 13.1 Å². The van der Waals surface area contributed by atoms with Gasteiger partial charge in [-0.05, 0) is 12.5 Å². The highest BCUT2D eigenvalue weighted by Gasteiger charge is 2.19. The number of carboxylic acid groups (broad SMARTS) is 1. The third-order valence-corrected chi connectivity index (χ3v) is 3.44. The molecule has 7 heteroatoms. The molecule has 1 rings (SSSR count). The van der Waals surface area contributed by atoms with E-state index in [1.54, 1.807) is 14.0 Å². The molecule has 1 heterocycles. The summed E-state index contributed by atoms with van der Waals surface area (Å²) in [6, 6.07) is 1.04. The molecule has 0 radical (unpaired) electrons. The zero-order valence-corrected chi connectivity index (χ0v) is 11.5. The molecule has 2 N–H and O–H groups in total. The molecule has 0 fully saturated rings. The number of carbonyl (C=O) groups excluding carboxylic acids is 1. The van der Waals surface area contributed by atoms with Gasteiger partial charge in [0.25, 0.3) is 5.91 Å². The van der Waals surface area contributed by atoms with Crippen molar-refractivity contribution in [2.75, 3.05) is 0 Å². The second-order valence-electron chi connectivity index (χ2n) is 3.90. The molecule has 1 amide bonds. The van der Waals surface area contributed by atoms with E-state index in [1.807, 2.05) is 0 Å². The number of aliphatic carboxylic acids is 1. The van der Waals surface area contributed by atoms with Crippen LogP contribution in [0.25, 0.3) is 0 Å². The maximum absolute atomic E-state index is 11.9. The maximum atomic E-state index is 11.9. The van der Waals surface area contributed by atoms with Crippen LogP contribution >= 0.6 is 23.2 Å². The Balaban J connectivity index is 2.81. The number of rotatable bonds is 5. The van der Waals surface area contributed by atoms with E-state index in [0.29, 0.717) is 12.1 Å². The second-order valence-corrected chi connectivity index (χ2v) is 4.67. The molecular formula is C11H14Cl2N2O3. The van der Waals surface area contributed by atoms with Gasteiger partial charge in [0.2, 0.25) is 0 Å². The highest BCUT2D eigenvalue weighted by molar-refractivity contribution is 6.41. The molecule has 18 heavy (non-hydrogen) atoms. The number of halogens is 2. The number of nitrogens with zero attached hydrogens (tertiary/aromatic N) is 1. The highest BCUT2D eigenvalue weighted by atomic mass is 35.5. The van der Waals surface area contributed by atoms with E-state index in [0.717, 1.165) is 0 Å². The molecule has 0 aliphatic heterocycles. The van der Waals surface area contributed by atoms with Crippen LogP contribution in [0.2, 0.25) is 10.2 Å². The molecule has 0 saturated heterocycles. The number of carboxylic acids is 1. The van der Waals surface area contributed by atoms with Crippen LogP contribution in [0.4, 0.5) is 0 Å². The molecule has 0 aromatic carbocycles. The van der Waals surface area contributed by atoms with Crippen LogP contribution in [0, 0.1) is 0 Å². The summed E-state index contributed by atoms with van der Waals surface area (Å²) in [4.78, 5) is 22.6. The van der Waals surface area contributed by atoms with Gasteiger partial charge in [-0.1, -0.05) is 30.1 Å². The third kappa shape index (κ3) is 3.40. The van der Waals surface area contributed by atoms with Gasteiger partial charge in [-0.15, -0.1) is 0 Å². The molecule has 1 unspecified atom stereocenters. The van der Waals surface area contributed by atoms with Gasteiger partial charge in [-0.2, -0.15) is 0 Å². The predicted molar refractivity (Wildman–Crippen MR) is 69.2 cm³/mol. The summed E-state index contributed by atoms with van der Waals surface area (Å²) in [5.41, 5.74) is 0.300. The van der Waals surface area contributed by atoms with Gasteiger partial charge < -0.3 is 15.0 Å². The van der Waals surface area contributed by atoms with Crippen molar-refractivity contribution >= 4 is 35.1 Å². The van der Waals surface area contributed by atoms with Crippen molar-refractivity contribution < 1.29 is 14.7 Å². The average molecular weight is 293 g/mol. The molecule has 1 aromatic rings. The van der Waals surface area contributed by atoms with Gasteiger partial charge in [-0.3, -0.25) is 9.59 Å². The Hall–Kier alpha value is -1.20. The summed E-state index contributed by atoms with van der Waals surface area (Å²) >= 11 is 11.7. The van der Waals surface area contributed by atoms with E-state index in [1.165, 1.54) is 10.6 Å². The summed E-state index contributed by atoms with van der Waals surface area (Å²) in [5, 5.41) is 11.9. The van der Waals surface area contributed by atoms with Crippen molar-refractivity contribution in [1.82, 2.24) is 9.88 Å². The third-order valence-electron chi connectivity index (χ3n) is 2.60. The van der Waals surface area contributed by atoms with Crippen molar-refractivity contribution in [3.8, 4) is 0 Å². The zero-order valence-electron chi connectivity index (χ0n) is 10.0. The van der Waals surface area contributed by atoms with Crippen molar-refractivity contribution in [3.05, 3.63) is 21.9 Å². The van der Waals surface area contributed by atoms with Crippen molar-refractivity contribution in [2.45, 2.75) is 25.8 Å². The van der Waals surface area contributed by atoms with Crippen LogP contribution in [0.3, 0.4) is 0 Å². The Morgan fingerprint density at radius 1 is 1.50 bits per heavy atom. The Bertz CT molecular complexity index is 471. The van der Waals surface area contributed by atoms with Gasteiger partial charge in [0.05, 0.1) is 11.4 Å². The SMILES string of the molecule is CCC(CC(=O)O)NC(=O)c1cc(Cl)c(Cl)n1C. The van der Waals surface area contributed by atoms with Crippen molar-refractivity contribution in [3.63, 3.8) is 0 Å². The number of hydrogen-bond donors (Lipinski definition) is 2. The summed E-state index contributed by atoms with van der Waals surface area (Å²) in [6.45, 7) is 1.80. The zero-order chi connectivity index (χ0) is 13.9. The minimum absolute atomic E-state index is 0.117. The Labute approximate surface area is 115 Å². The lowest BCUT2D eigenvalue weighted by Crippen LogP contribution is -2.36. The van der Waals surface area contributed by atoms with Gasteiger partial charge in [-0.25, -0.2) is 0 Å². The molecule has 0 spiro atoms. The first-order chi connectivity index (χ1) is 8.36. The van der Waals surface area contributed by atoms with Crippen LogP contribution in [-0.2, 0) is 11.8 Å². The molecule has 1 atom stereocenters. The molecule has 5 nitrogen and oxygen atoms in total. The fraction of sp³-hybridized carbons (Fsp3) is 0.455. The lowest BCUT2D eigenvalue weighted by atomic mass is 10.1. The molecule has 100 valence electrons. The normalized spacial score (nSPS) is 12.2. The fourth-order valence-corrected chi connectivity index (χ4v) is 1.90. The van der Waals surface area contributed by atoms with Crippen LogP contribution in [0.5, 0.6) is 0 Å². The number of aromatic nitrogens is 1. The van der Waals surface area contributed by atoms with Gasteiger partial charge >= 0.3 is 5.97 Å². The van der Waals surface area contributed by atoms with E-state index in [-0.39, 0.29) is 22.5 Å².